The second kappa shape index (κ2) is 7.22. The molecule has 1 aliphatic carbocycles. The highest BCUT2D eigenvalue weighted by Crippen LogP contribution is 2.29. The number of benzene rings is 1. The van der Waals surface area contributed by atoms with E-state index in [9.17, 15) is 14.4 Å². The van der Waals surface area contributed by atoms with E-state index in [4.69, 9.17) is 28.3 Å². The molecule has 8 heteroatoms. The Morgan fingerprint density at radius 1 is 1.20 bits per heavy atom. The zero-order valence-electron chi connectivity index (χ0n) is 13.4. The highest BCUT2D eigenvalue weighted by atomic mass is 35.5. The Bertz CT molecular complexity index is 719. The minimum Gasteiger partial charge on any atom is -0.481 e. The summed E-state index contributed by atoms with van der Waals surface area (Å²) in [4.78, 5) is 37.6. The Labute approximate surface area is 155 Å². The zero-order valence-corrected chi connectivity index (χ0v) is 14.9. The maximum atomic E-state index is 12.8. The smallest absolute Gasteiger partial charge is 0.306 e. The fourth-order valence-electron chi connectivity index (χ4n) is 3.33. The van der Waals surface area contributed by atoms with Crippen LogP contribution in [0.4, 0.5) is 0 Å². The molecule has 0 radical (unpaired) electrons. The van der Waals surface area contributed by atoms with Crippen LogP contribution in [0.15, 0.2) is 18.2 Å². The first-order valence-electron chi connectivity index (χ1n) is 8.16. The number of nitrogens with one attached hydrogen (secondary N) is 1. The first-order valence-corrected chi connectivity index (χ1v) is 8.91. The molecule has 1 saturated carbocycles. The summed E-state index contributed by atoms with van der Waals surface area (Å²) in [5, 5.41) is 12.4. The largest absolute Gasteiger partial charge is 0.481 e. The van der Waals surface area contributed by atoms with Gasteiger partial charge >= 0.3 is 5.97 Å². The number of halogens is 2. The van der Waals surface area contributed by atoms with Crippen molar-refractivity contribution in [2.45, 2.75) is 37.8 Å². The van der Waals surface area contributed by atoms with Gasteiger partial charge in [-0.25, -0.2) is 0 Å². The second-order valence-corrected chi connectivity index (χ2v) is 7.34. The predicted octanol–water partition coefficient (Wildman–Crippen LogP) is 2.58. The molecule has 1 aliphatic heterocycles. The van der Waals surface area contributed by atoms with Crippen LogP contribution in [-0.4, -0.2) is 46.4 Å². The summed E-state index contributed by atoms with van der Waals surface area (Å²) in [6.07, 6.45) is 2.17. The molecule has 1 atom stereocenters. The minimum absolute atomic E-state index is 0.138. The fraction of sp³-hybridized carbons (Fsp3) is 0.471. The third kappa shape index (κ3) is 3.75. The molecule has 134 valence electrons. The minimum atomic E-state index is -0.834. The Hall–Kier alpha value is -1.79. The molecule has 2 N–H and O–H groups in total. The lowest BCUT2D eigenvalue weighted by Gasteiger charge is -2.34. The number of carbonyl (C=O) groups is 3. The third-order valence-electron chi connectivity index (χ3n) is 4.81. The Morgan fingerprint density at radius 2 is 1.92 bits per heavy atom. The van der Waals surface area contributed by atoms with Crippen molar-refractivity contribution in [3.8, 4) is 0 Å². The number of likely N-dealkylation sites (tertiary alicyclic amines) is 1. The molecule has 25 heavy (non-hydrogen) atoms. The van der Waals surface area contributed by atoms with E-state index < -0.39 is 17.9 Å². The number of carboxylic acid groups (broad SMARTS) is 1. The van der Waals surface area contributed by atoms with Crippen LogP contribution in [0, 0.1) is 5.92 Å². The van der Waals surface area contributed by atoms with Gasteiger partial charge in [0.15, 0.2) is 0 Å². The number of carbonyl (C=O) groups excluding carboxylic acids is 2. The van der Waals surface area contributed by atoms with Crippen molar-refractivity contribution in [1.82, 2.24) is 10.2 Å². The van der Waals surface area contributed by atoms with Gasteiger partial charge in [-0.3, -0.25) is 14.4 Å². The highest BCUT2D eigenvalue weighted by molar-refractivity contribution is 6.35. The van der Waals surface area contributed by atoms with E-state index >= 15 is 0 Å². The van der Waals surface area contributed by atoms with Crippen molar-refractivity contribution in [3.05, 3.63) is 33.8 Å². The molecule has 1 aromatic rings. The first kappa shape index (κ1) is 18.0. The Balaban J connectivity index is 1.66. The molecule has 1 unspecified atom stereocenters. The normalized spacial score (nSPS) is 25.4. The van der Waals surface area contributed by atoms with Crippen LogP contribution in [-0.2, 0) is 9.59 Å². The van der Waals surface area contributed by atoms with Crippen molar-refractivity contribution < 1.29 is 19.5 Å². The summed E-state index contributed by atoms with van der Waals surface area (Å²) in [7, 11) is 0. The van der Waals surface area contributed by atoms with E-state index in [1.165, 1.54) is 11.0 Å². The van der Waals surface area contributed by atoms with E-state index in [0.717, 1.165) is 6.42 Å². The Morgan fingerprint density at radius 3 is 2.60 bits per heavy atom. The summed E-state index contributed by atoms with van der Waals surface area (Å²) in [5.41, 5.74) is 0.281. The van der Waals surface area contributed by atoms with E-state index in [2.05, 4.69) is 5.32 Å². The van der Waals surface area contributed by atoms with E-state index in [1.54, 1.807) is 12.1 Å². The van der Waals surface area contributed by atoms with E-state index in [1.807, 2.05) is 0 Å². The van der Waals surface area contributed by atoms with Crippen LogP contribution in [0.25, 0.3) is 0 Å². The molecule has 1 aromatic carbocycles. The average Bonchev–Trinajstić information content (AvgIpc) is 3.01. The molecule has 1 saturated heterocycles. The van der Waals surface area contributed by atoms with Gasteiger partial charge in [0.25, 0.3) is 5.91 Å². The predicted molar refractivity (Wildman–Crippen MR) is 92.8 cm³/mol. The van der Waals surface area contributed by atoms with Gasteiger partial charge in [0.05, 0.1) is 16.5 Å². The maximum Gasteiger partial charge on any atom is 0.306 e. The third-order valence-corrected chi connectivity index (χ3v) is 5.37. The van der Waals surface area contributed by atoms with Crippen molar-refractivity contribution in [2.24, 2.45) is 5.92 Å². The van der Waals surface area contributed by atoms with Gasteiger partial charge in [-0.15, -0.1) is 0 Å². The summed E-state index contributed by atoms with van der Waals surface area (Å²) in [5.74, 6) is -1.78. The lowest BCUT2D eigenvalue weighted by atomic mass is 9.80. The van der Waals surface area contributed by atoms with Gasteiger partial charge in [0, 0.05) is 17.6 Å². The van der Waals surface area contributed by atoms with Crippen molar-refractivity contribution >= 4 is 41.0 Å². The van der Waals surface area contributed by atoms with Crippen molar-refractivity contribution in [3.63, 3.8) is 0 Å². The number of aliphatic carboxylic acids is 1. The quantitative estimate of drug-likeness (QED) is 0.834. The van der Waals surface area contributed by atoms with Gasteiger partial charge in [-0.1, -0.05) is 23.2 Å². The monoisotopic (exact) mass is 384 g/mol. The van der Waals surface area contributed by atoms with Crippen LogP contribution in [0.1, 0.15) is 36.0 Å². The summed E-state index contributed by atoms with van der Waals surface area (Å²) < 4.78 is 0. The van der Waals surface area contributed by atoms with Gasteiger partial charge in [0.2, 0.25) is 5.91 Å². The maximum absolute atomic E-state index is 12.8. The lowest BCUT2D eigenvalue weighted by Crippen LogP contribution is -2.53. The molecule has 2 aliphatic rings. The van der Waals surface area contributed by atoms with Crippen LogP contribution < -0.4 is 5.32 Å². The number of carboxylic acids is 1. The van der Waals surface area contributed by atoms with Gasteiger partial charge in [-0.05, 0) is 43.9 Å². The van der Waals surface area contributed by atoms with Crippen LogP contribution in [0.2, 0.25) is 10.0 Å². The SMILES string of the molecule is O=C(O)C1CC(NC(=O)C2CCCN2C(=O)c2cc(Cl)ccc2Cl)C1. The van der Waals surface area contributed by atoms with Gasteiger partial charge < -0.3 is 15.3 Å². The first-order chi connectivity index (χ1) is 11.9. The number of hydrogen-bond donors (Lipinski definition) is 2. The summed E-state index contributed by atoms with van der Waals surface area (Å²) in [6, 6.07) is 3.96. The van der Waals surface area contributed by atoms with Crippen molar-refractivity contribution in [2.75, 3.05) is 6.54 Å². The number of amides is 2. The molecule has 2 amide bonds. The molecule has 0 bridgehead atoms. The average molecular weight is 385 g/mol. The molecule has 1 heterocycles. The van der Waals surface area contributed by atoms with Crippen LogP contribution >= 0.6 is 23.2 Å². The molecular formula is C17H18Cl2N2O4. The van der Waals surface area contributed by atoms with Crippen LogP contribution in [0.3, 0.4) is 0 Å². The van der Waals surface area contributed by atoms with Gasteiger partial charge in [0.1, 0.15) is 6.04 Å². The molecule has 2 fully saturated rings. The number of rotatable bonds is 4. The van der Waals surface area contributed by atoms with E-state index in [0.29, 0.717) is 35.9 Å². The zero-order chi connectivity index (χ0) is 18.1. The molecule has 0 aromatic heterocycles. The second-order valence-electron chi connectivity index (χ2n) is 6.49. The standard InChI is InChI=1S/C17H18Cl2N2O4/c18-10-3-4-13(19)12(8-10)16(23)21-5-1-2-14(21)15(22)20-11-6-9(7-11)17(24)25/h3-4,8-9,11,14H,1-2,5-7H2,(H,20,22)(H,24,25). The molecule has 3 rings (SSSR count). The topological polar surface area (TPSA) is 86.7 Å². The fourth-order valence-corrected chi connectivity index (χ4v) is 3.70. The molecule has 0 spiro atoms. The van der Waals surface area contributed by atoms with Crippen LogP contribution in [0.5, 0.6) is 0 Å². The van der Waals surface area contributed by atoms with E-state index in [-0.39, 0.29) is 23.4 Å². The van der Waals surface area contributed by atoms with Crippen molar-refractivity contribution in [1.29, 1.82) is 0 Å². The Kier molecular flexibility index (Phi) is 5.20. The number of hydrogen-bond acceptors (Lipinski definition) is 3. The molecule has 6 nitrogen and oxygen atoms in total. The lowest BCUT2D eigenvalue weighted by molar-refractivity contribution is -0.146. The highest BCUT2D eigenvalue weighted by Gasteiger charge is 2.39. The molecular weight excluding hydrogens is 367 g/mol. The summed E-state index contributed by atoms with van der Waals surface area (Å²) >= 11 is 12.0. The summed E-state index contributed by atoms with van der Waals surface area (Å²) in [6.45, 7) is 0.474. The number of nitrogens with zero attached hydrogens (tertiary/aromatic N) is 1. The van der Waals surface area contributed by atoms with Gasteiger partial charge in [-0.2, -0.15) is 0 Å².